The average molecular weight is 219 g/mol. The molecule has 0 aromatic carbocycles. The van der Waals surface area contributed by atoms with Gasteiger partial charge >= 0.3 is 0 Å². The molecule has 0 aliphatic heterocycles. The van der Waals surface area contributed by atoms with Crippen LogP contribution in [0, 0.1) is 0 Å². The van der Waals surface area contributed by atoms with Gasteiger partial charge in [0.15, 0.2) is 0 Å². The fourth-order valence-electron chi connectivity index (χ4n) is 1.11. The monoisotopic (exact) mass is 219 g/mol. The third kappa shape index (κ3) is 2.14. The Morgan fingerprint density at radius 3 is 2.94 bits per heavy atom. The number of aromatic nitrogens is 3. The molecule has 0 atom stereocenters. The van der Waals surface area contributed by atoms with Gasteiger partial charge in [0.05, 0.1) is 12.2 Å². The maximum absolute atomic E-state index is 11.5. The second kappa shape index (κ2) is 4.39. The molecule has 3 N–H and O–H groups in total. The molecule has 16 heavy (non-hydrogen) atoms. The number of carbonyl (C=O) groups excluding carboxylic acids is 1. The van der Waals surface area contributed by atoms with Crippen LogP contribution in [0.4, 0.5) is 5.82 Å². The van der Waals surface area contributed by atoms with Gasteiger partial charge in [-0.2, -0.15) is 0 Å². The Morgan fingerprint density at radius 2 is 2.31 bits per heavy atom. The van der Waals surface area contributed by atoms with Crippen LogP contribution in [0.1, 0.15) is 16.2 Å². The van der Waals surface area contributed by atoms with E-state index in [-0.39, 0.29) is 11.5 Å². The standard InChI is InChI=1S/C9H9N5O2/c10-8-7(13-16-14-8)9(15)12-5-6-3-1-2-4-11-6/h1-4H,5H2,(H2,10,14)(H,12,15). The van der Waals surface area contributed by atoms with Crippen molar-refractivity contribution in [3.63, 3.8) is 0 Å². The van der Waals surface area contributed by atoms with E-state index in [1.807, 2.05) is 6.07 Å². The molecule has 0 bridgehead atoms. The molecule has 1 amide bonds. The summed E-state index contributed by atoms with van der Waals surface area (Å²) in [5.74, 6) is -0.470. The van der Waals surface area contributed by atoms with E-state index in [1.165, 1.54) is 0 Å². The molecule has 0 aliphatic rings. The molecule has 0 radical (unpaired) electrons. The van der Waals surface area contributed by atoms with Crippen molar-refractivity contribution in [2.45, 2.75) is 6.54 Å². The molecular weight excluding hydrogens is 210 g/mol. The molecule has 0 aliphatic carbocycles. The van der Waals surface area contributed by atoms with Crippen molar-refractivity contribution in [2.75, 3.05) is 5.73 Å². The summed E-state index contributed by atoms with van der Waals surface area (Å²) in [4.78, 5) is 15.6. The quantitative estimate of drug-likeness (QED) is 0.751. The highest BCUT2D eigenvalue weighted by atomic mass is 16.6. The molecule has 7 heteroatoms. The number of nitrogens with two attached hydrogens (primary N) is 1. The number of anilines is 1. The molecule has 2 rings (SSSR count). The molecule has 2 heterocycles. The first-order valence-electron chi connectivity index (χ1n) is 4.53. The summed E-state index contributed by atoms with van der Waals surface area (Å²) in [6.07, 6.45) is 1.65. The number of nitrogens with one attached hydrogen (secondary N) is 1. The Labute approximate surface area is 90.6 Å². The minimum absolute atomic E-state index is 0.0177. The van der Waals surface area contributed by atoms with Crippen molar-refractivity contribution in [1.82, 2.24) is 20.6 Å². The van der Waals surface area contributed by atoms with Gasteiger partial charge in [-0.3, -0.25) is 9.78 Å². The highest BCUT2D eigenvalue weighted by Crippen LogP contribution is 2.03. The summed E-state index contributed by atoms with van der Waals surface area (Å²) in [5.41, 5.74) is 6.09. The molecule has 82 valence electrons. The molecule has 0 saturated carbocycles. The largest absolute Gasteiger partial charge is 0.379 e. The fraction of sp³-hybridized carbons (Fsp3) is 0.111. The van der Waals surface area contributed by atoms with Gasteiger partial charge in [-0.15, -0.1) is 0 Å². The van der Waals surface area contributed by atoms with Gasteiger partial charge in [0, 0.05) is 6.20 Å². The van der Waals surface area contributed by atoms with Crippen LogP contribution in [-0.4, -0.2) is 21.2 Å². The van der Waals surface area contributed by atoms with Crippen molar-refractivity contribution in [3.8, 4) is 0 Å². The van der Waals surface area contributed by atoms with Gasteiger partial charge < -0.3 is 11.1 Å². The zero-order chi connectivity index (χ0) is 11.4. The Kier molecular flexibility index (Phi) is 2.77. The number of hydrogen-bond acceptors (Lipinski definition) is 6. The summed E-state index contributed by atoms with van der Waals surface area (Å²) in [6.45, 7) is 0.298. The summed E-state index contributed by atoms with van der Waals surface area (Å²) >= 11 is 0. The Bertz CT molecular complexity index is 482. The number of pyridine rings is 1. The number of carbonyl (C=O) groups is 1. The zero-order valence-electron chi connectivity index (χ0n) is 8.25. The maximum Gasteiger partial charge on any atom is 0.277 e. The SMILES string of the molecule is Nc1nonc1C(=O)NCc1ccccn1. The summed E-state index contributed by atoms with van der Waals surface area (Å²) in [5, 5.41) is 9.29. The summed E-state index contributed by atoms with van der Waals surface area (Å²) < 4.78 is 4.32. The van der Waals surface area contributed by atoms with Crippen LogP contribution in [0.2, 0.25) is 0 Å². The lowest BCUT2D eigenvalue weighted by Gasteiger charge is -2.01. The molecule has 2 aromatic rings. The second-order valence-corrected chi connectivity index (χ2v) is 3.00. The maximum atomic E-state index is 11.5. The predicted molar refractivity (Wildman–Crippen MR) is 54.1 cm³/mol. The van der Waals surface area contributed by atoms with Crippen LogP contribution < -0.4 is 11.1 Å². The van der Waals surface area contributed by atoms with Crippen molar-refractivity contribution >= 4 is 11.7 Å². The first kappa shape index (κ1) is 10.1. The topological polar surface area (TPSA) is 107 Å². The van der Waals surface area contributed by atoms with Gasteiger partial charge in [0.25, 0.3) is 5.91 Å². The molecule has 0 spiro atoms. The zero-order valence-corrected chi connectivity index (χ0v) is 8.25. The van der Waals surface area contributed by atoms with Gasteiger partial charge in [0.1, 0.15) is 0 Å². The van der Waals surface area contributed by atoms with Gasteiger partial charge in [-0.05, 0) is 22.4 Å². The number of amides is 1. The molecule has 0 fully saturated rings. The third-order valence-corrected chi connectivity index (χ3v) is 1.89. The summed E-state index contributed by atoms with van der Waals surface area (Å²) in [7, 11) is 0. The number of nitrogen functional groups attached to an aromatic ring is 1. The van der Waals surface area contributed by atoms with Crippen molar-refractivity contribution < 1.29 is 9.42 Å². The normalized spacial score (nSPS) is 10.0. The lowest BCUT2D eigenvalue weighted by molar-refractivity contribution is 0.0941. The van der Waals surface area contributed by atoms with E-state index in [4.69, 9.17) is 5.73 Å². The van der Waals surface area contributed by atoms with Crippen LogP contribution in [0.15, 0.2) is 29.0 Å². The fourth-order valence-corrected chi connectivity index (χ4v) is 1.11. The minimum atomic E-state index is -0.440. The van der Waals surface area contributed by atoms with E-state index in [0.717, 1.165) is 5.69 Å². The first-order valence-corrected chi connectivity index (χ1v) is 4.53. The molecule has 0 unspecified atom stereocenters. The molecule has 0 saturated heterocycles. The average Bonchev–Trinajstić information content (AvgIpc) is 2.74. The number of rotatable bonds is 3. The van der Waals surface area contributed by atoms with Crippen LogP contribution >= 0.6 is 0 Å². The van der Waals surface area contributed by atoms with Crippen molar-refractivity contribution in [2.24, 2.45) is 0 Å². The van der Waals surface area contributed by atoms with E-state index < -0.39 is 5.91 Å². The number of nitrogens with zero attached hydrogens (tertiary/aromatic N) is 3. The minimum Gasteiger partial charge on any atom is -0.379 e. The van der Waals surface area contributed by atoms with Gasteiger partial charge in [0.2, 0.25) is 11.5 Å². The van der Waals surface area contributed by atoms with Crippen LogP contribution in [0.3, 0.4) is 0 Å². The smallest absolute Gasteiger partial charge is 0.277 e. The Hall–Kier alpha value is -2.44. The lowest BCUT2D eigenvalue weighted by Crippen LogP contribution is -2.24. The predicted octanol–water partition coefficient (Wildman–Crippen LogP) is -0.0232. The Morgan fingerprint density at radius 1 is 1.44 bits per heavy atom. The highest BCUT2D eigenvalue weighted by molar-refractivity contribution is 5.95. The molecule has 7 nitrogen and oxygen atoms in total. The van der Waals surface area contributed by atoms with Crippen molar-refractivity contribution in [1.29, 1.82) is 0 Å². The summed E-state index contributed by atoms with van der Waals surface area (Å²) in [6, 6.07) is 5.43. The van der Waals surface area contributed by atoms with Crippen LogP contribution in [-0.2, 0) is 6.54 Å². The number of hydrogen-bond donors (Lipinski definition) is 2. The van der Waals surface area contributed by atoms with Crippen LogP contribution in [0.5, 0.6) is 0 Å². The lowest BCUT2D eigenvalue weighted by atomic mass is 10.3. The highest BCUT2D eigenvalue weighted by Gasteiger charge is 2.15. The molecule has 2 aromatic heterocycles. The second-order valence-electron chi connectivity index (χ2n) is 3.00. The molecular formula is C9H9N5O2. The van der Waals surface area contributed by atoms with E-state index in [1.54, 1.807) is 18.3 Å². The van der Waals surface area contributed by atoms with Crippen LogP contribution in [0.25, 0.3) is 0 Å². The van der Waals surface area contributed by atoms with E-state index >= 15 is 0 Å². The van der Waals surface area contributed by atoms with Crippen molar-refractivity contribution in [3.05, 3.63) is 35.8 Å². The Balaban J connectivity index is 1.97. The van der Waals surface area contributed by atoms with E-state index in [2.05, 4.69) is 25.2 Å². The third-order valence-electron chi connectivity index (χ3n) is 1.89. The van der Waals surface area contributed by atoms with Gasteiger partial charge in [-0.1, -0.05) is 6.07 Å². The van der Waals surface area contributed by atoms with Gasteiger partial charge in [-0.25, -0.2) is 4.63 Å². The van der Waals surface area contributed by atoms with E-state index in [9.17, 15) is 4.79 Å². The van der Waals surface area contributed by atoms with E-state index in [0.29, 0.717) is 6.54 Å². The first-order chi connectivity index (χ1) is 7.77.